The molecule has 1 saturated carbocycles. The molecule has 0 amide bonds. The maximum atomic E-state index is 5.53. The molecule has 6 heteroatoms. The summed E-state index contributed by atoms with van der Waals surface area (Å²) in [7, 11) is 0. The summed E-state index contributed by atoms with van der Waals surface area (Å²) >= 11 is 2.00. The van der Waals surface area contributed by atoms with Gasteiger partial charge in [-0.05, 0) is 46.3 Å². The molecular weight excluding hydrogens is 308 g/mol. The first-order valence-electron chi connectivity index (χ1n) is 9.05. The smallest absolute Gasteiger partial charge is 0.191 e. The predicted molar refractivity (Wildman–Crippen MR) is 101 cm³/mol. The molecule has 0 radical (unpaired) electrons. The predicted octanol–water partition coefficient (Wildman–Crippen LogP) is 1.93. The molecule has 5 nitrogen and oxygen atoms in total. The lowest BCUT2D eigenvalue weighted by Gasteiger charge is -2.37. The van der Waals surface area contributed by atoms with Gasteiger partial charge in [0, 0.05) is 36.5 Å². The third-order valence-electron chi connectivity index (χ3n) is 4.90. The summed E-state index contributed by atoms with van der Waals surface area (Å²) in [6.07, 6.45) is 6.05. The van der Waals surface area contributed by atoms with Crippen LogP contribution < -0.4 is 10.6 Å². The number of nitrogens with zero attached hydrogens (tertiary/aromatic N) is 2. The monoisotopic (exact) mass is 342 g/mol. The van der Waals surface area contributed by atoms with Crippen molar-refractivity contribution in [3.63, 3.8) is 0 Å². The number of nitrogens with one attached hydrogen (secondary N) is 2. The minimum Gasteiger partial charge on any atom is -0.379 e. The van der Waals surface area contributed by atoms with Crippen molar-refractivity contribution in [2.24, 2.45) is 4.99 Å². The van der Waals surface area contributed by atoms with Gasteiger partial charge in [-0.25, -0.2) is 0 Å². The van der Waals surface area contributed by atoms with Crippen molar-refractivity contribution in [3.05, 3.63) is 0 Å². The lowest BCUT2D eigenvalue weighted by Crippen LogP contribution is -2.50. The normalized spacial score (nSPS) is 31.1. The molecule has 2 N–H and O–H groups in total. The van der Waals surface area contributed by atoms with Crippen LogP contribution in [0.2, 0.25) is 0 Å². The topological polar surface area (TPSA) is 48.9 Å². The number of thioether (sulfide) groups is 1. The summed E-state index contributed by atoms with van der Waals surface area (Å²) in [5.41, 5.74) is 0. The maximum Gasteiger partial charge on any atom is 0.191 e. The van der Waals surface area contributed by atoms with E-state index in [2.05, 4.69) is 42.6 Å². The Bertz CT molecular complexity index is 380. The molecule has 1 aliphatic carbocycles. The van der Waals surface area contributed by atoms with E-state index >= 15 is 0 Å². The zero-order valence-electron chi connectivity index (χ0n) is 15.2. The van der Waals surface area contributed by atoms with E-state index in [0.29, 0.717) is 18.1 Å². The summed E-state index contributed by atoms with van der Waals surface area (Å²) in [4.78, 5) is 7.35. The zero-order chi connectivity index (χ0) is 16.7. The van der Waals surface area contributed by atoms with Crippen molar-refractivity contribution in [3.8, 4) is 0 Å². The van der Waals surface area contributed by atoms with Crippen LogP contribution in [-0.4, -0.2) is 73.3 Å². The highest BCUT2D eigenvalue weighted by Gasteiger charge is 2.25. The van der Waals surface area contributed by atoms with Gasteiger partial charge >= 0.3 is 0 Å². The highest BCUT2D eigenvalue weighted by molar-refractivity contribution is 7.99. The molecule has 1 aliphatic heterocycles. The zero-order valence-corrected chi connectivity index (χ0v) is 16.0. The molecule has 1 heterocycles. The van der Waals surface area contributed by atoms with Crippen LogP contribution in [0, 0.1) is 0 Å². The van der Waals surface area contributed by atoms with Gasteiger partial charge in [0.15, 0.2) is 5.96 Å². The van der Waals surface area contributed by atoms with E-state index < -0.39 is 0 Å². The second kappa shape index (κ2) is 9.74. The highest BCUT2D eigenvalue weighted by atomic mass is 32.2. The molecule has 4 atom stereocenters. The Morgan fingerprint density at radius 2 is 2.26 bits per heavy atom. The summed E-state index contributed by atoms with van der Waals surface area (Å²) in [6.45, 7) is 11.1. The van der Waals surface area contributed by atoms with Crippen molar-refractivity contribution < 1.29 is 4.74 Å². The fraction of sp³-hybridized carbons (Fsp3) is 0.941. The van der Waals surface area contributed by atoms with Gasteiger partial charge in [-0.2, -0.15) is 11.8 Å². The first-order valence-corrected chi connectivity index (χ1v) is 10.3. The average molecular weight is 343 g/mol. The van der Waals surface area contributed by atoms with Gasteiger partial charge in [-0.3, -0.25) is 9.89 Å². The molecule has 0 spiro atoms. The van der Waals surface area contributed by atoms with E-state index in [0.717, 1.165) is 44.1 Å². The quantitative estimate of drug-likeness (QED) is 0.571. The molecule has 2 aliphatic rings. The van der Waals surface area contributed by atoms with Crippen molar-refractivity contribution >= 4 is 17.7 Å². The lowest BCUT2D eigenvalue weighted by atomic mass is 10.2. The van der Waals surface area contributed by atoms with Crippen molar-refractivity contribution in [1.82, 2.24) is 15.5 Å². The van der Waals surface area contributed by atoms with Crippen molar-refractivity contribution in [2.75, 3.05) is 39.1 Å². The van der Waals surface area contributed by atoms with Crippen LogP contribution in [0.4, 0.5) is 0 Å². The van der Waals surface area contributed by atoms with E-state index in [1.807, 2.05) is 11.8 Å². The van der Waals surface area contributed by atoms with Gasteiger partial charge in [0.1, 0.15) is 0 Å². The Morgan fingerprint density at radius 3 is 2.91 bits per heavy atom. The third kappa shape index (κ3) is 5.84. The summed E-state index contributed by atoms with van der Waals surface area (Å²) < 4.78 is 5.53. The molecule has 0 aromatic rings. The van der Waals surface area contributed by atoms with Crippen LogP contribution in [0.3, 0.4) is 0 Å². The molecule has 2 fully saturated rings. The van der Waals surface area contributed by atoms with E-state index in [1.54, 1.807) is 0 Å². The molecule has 4 unspecified atom stereocenters. The van der Waals surface area contributed by atoms with E-state index in [4.69, 9.17) is 9.73 Å². The standard InChI is InChI=1S/C17H34N4OS/c1-5-18-17(20-15-6-7-16(10-15)23-4)19-11-13(2)21-8-9-22-12-14(21)3/h13-16H,5-12H2,1-4H3,(H2,18,19,20). The molecule has 0 aromatic carbocycles. The van der Waals surface area contributed by atoms with Crippen molar-refractivity contribution in [1.29, 1.82) is 0 Å². The van der Waals surface area contributed by atoms with Crippen molar-refractivity contribution in [2.45, 2.75) is 63.4 Å². The fourth-order valence-corrected chi connectivity index (χ4v) is 4.32. The Morgan fingerprint density at radius 1 is 1.43 bits per heavy atom. The van der Waals surface area contributed by atoms with Crippen LogP contribution in [0.1, 0.15) is 40.0 Å². The molecular formula is C17H34N4OS. The number of hydrogen-bond acceptors (Lipinski definition) is 4. The largest absolute Gasteiger partial charge is 0.379 e. The number of morpholine rings is 1. The Hall–Kier alpha value is -0.460. The number of guanidine groups is 1. The van der Waals surface area contributed by atoms with E-state index in [1.165, 1.54) is 19.3 Å². The third-order valence-corrected chi connectivity index (χ3v) is 6.00. The Balaban J connectivity index is 1.85. The Kier molecular flexibility index (Phi) is 7.99. The van der Waals surface area contributed by atoms with Gasteiger partial charge in [-0.15, -0.1) is 0 Å². The number of aliphatic imine (C=N–C) groups is 1. The first kappa shape index (κ1) is 18.9. The highest BCUT2D eigenvalue weighted by Crippen LogP contribution is 2.28. The minimum atomic E-state index is 0.451. The molecule has 1 saturated heterocycles. The van der Waals surface area contributed by atoms with E-state index in [-0.39, 0.29) is 0 Å². The molecule has 134 valence electrons. The summed E-state index contributed by atoms with van der Waals surface area (Å²) in [5.74, 6) is 0.979. The number of hydrogen-bond donors (Lipinski definition) is 2. The van der Waals surface area contributed by atoms with Gasteiger partial charge in [0.2, 0.25) is 0 Å². The second-order valence-corrected chi connectivity index (χ2v) is 7.88. The maximum absolute atomic E-state index is 5.53. The molecule has 0 aromatic heterocycles. The van der Waals surface area contributed by atoms with Crippen LogP contribution >= 0.6 is 11.8 Å². The molecule has 23 heavy (non-hydrogen) atoms. The van der Waals surface area contributed by atoms with Gasteiger partial charge in [0.05, 0.1) is 19.8 Å². The second-order valence-electron chi connectivity index (χ2n) is 6.74. The van der Waals surface area contributed by atoms with Gasteiger partial charge in [-0.1, -0.05) is 0 Å². The lowest BCUT2D eigenvalue weighted by molar-refractivity contribution is -0.0165. The molecule has 0 bridgehead atoms. The average Bonchev–Trinajstić information content (AvgIpc) is 3.00. The first-order chi connectivity index (χ1) is 11.1. The van der Waals surface area contributed by atoms with Crippen LogP contribution in [0.25, 0.3) is 0 Å². The summed E-state index contributed by atoms with van der Waals surface area (Å²) in [6, 6.07) is 1.51. The van der Waals surface area contributed by atoms with Crippen LogP contribution in [0.15, 0.2) is 4.99 Å². The van der Waals surface area contributed by atoms with E-state index in [9.17, 15) is 0 Å². The fourth-order valence-electron chi connectivity index (χ4n) is 3.52. The summed E-state index contributed by atoms with van der Waals surface area (Å²) in [5, 5.41) is 7.84. The van der Waals surface area contributed by atoms with Gasteiger partial charge in [0.25, 0.3) is 0 Å². The van der Waals surface area contributed by atoms with Crippen LogP contribution in [-0.2, 0) is 4.74 Å². The number of ether oxygens (including phenoxy) is 1. The van der Waals surface area contributed by atoms with Gasteiger partial charge < -0.3 is 15.4 Å². The minimum absolute atomic E-state index is 0.451. The number of rotatable bonds is 6. The SMILES string of the molecule is CCNC(=NCC(C)N1CCOCC1C)NC1CCC(SC)C1. The Labute approximate surface area is 146 Å². The van der Waals surface area contributed by atoms with Crippen LogP contribution in [0.5, 0.6) is 0 Å². The molecule has 2 rings (SSSR count).